The highest BCUT2D eigenvalue weighted by molar-refractivity contribution is 5.42. The van der Waals surface area contributed by atoms with Crippen molar-refractivity contribution >= 4 is 0 Å². The molecule has 1 aromatic rings. The molecule has 0 bridgehead atoms. The fraction of sp³-hybridized carbons (Fsp3) is 0.571. The predicted octanol–water partition coefficient (Wildman–Crippen LogP) is 2.98. The SMILES string of the molecule is CCCCOc1ccc(CNCC)cc1OC. The zero-order valence-electron chi connectivity index (χ0n) is 11.1. The summed E-state index contributed by atoms with van der Waals surface area (Å²) in [6.45, 7) is 6.83. The quantitative estimate of drug-likeness (QED) is 0.705. The maximum absolute atomic E-state index is 5.68. The van der Waals surface area contributed by atoms with Crippen LogP contribution >= 0.6 is 0 Å². The zero-order valence-corrected chi connectivity index (χ0v) is 11.1. The second kappa shape index (κ2) is 7.96. The molecule has 0 spiro atoms. The van der Waals surface area contributed by atoms with Crippen LogP contribution in [0.25, 0.3) is 0 Å². The lowest BCUT2D eigenvalue weighted by atomic mass is 10.2. The smallest absolute Gasteiger partial charge is 0.161 e. The highest BCUT2D eigenvalue weighted by Gasteiger charge is 2.05. The zero-order chi connectivity index (χ0) is 12.5. The molecule has 1 rings (SSSR count). The molecule has 3 heteroatoms. The largest absolute Gasteiger partial charge is 0.493 e. The Bertz CT molecular complexity index is 326. The summed E-state index contributed by atoms with van der Waals surface area (Å²) in [4.78, 5) is 0. The van der Waals surface area contributed by atoms with Crippen molar-refractivity contribution in [2.75, 3.05) is 20.3 Å². The van der Waals surface area contributed by atoms with Crippen LogP contribution in [0.3, 0.4) is 0 Å². The van der Waals surface area contributed by atoms with E-state index in [1.165, 1.54) is 5.56 Å². The Kier molecular flexibility index (Phi) is 6.48. The molecule has 0 saturated carbocycles. The van der Waals surface area contributed by atoms with Gasteiger partial charge in [0.2, 0.25) is 0 Å². The van der Waals surface area contributed by atoms with Gasteiger partial charge in [0.15, 0.2) is 11.5 Å². The molecule has 0 aliphatic carbocycles. The number of benzene rings is 1. The molecule has 3 nitrogen and oxygen atoms in total. The topological polar surface area (TPSA) is 30.5 Å². The number of ether oxygens (including phenoxy) is 2. The Morgan fingerprint density at radius 3 is 2.65 bits per heavy atom. The molecule has 0 amide bonds. The second-order valence-electron chi connectivity index (χ2n) is 3.97. The summed E-state index contributed by atoms with van der Waals surface area (Å²) >= 11 is 0. The summed E-state index contributed by atoms with van der Waals surface area (Å²) in [6, 6.07) is 6.09. The van der Waals surface area contributed by atoms with Crippen molar-refractivity contribution in [2.45, 2.75) is 33.2 Å². The first-order valence-corrected chi connectivity index (χ1v) is 6.32. The molecule has 0 unspecified atom stereocenters. The van der Waals surface area contributed by atoms with E-state index in [1.807, 2.05) is 12.1 Å². The number of rotatable bonds is 8. The van der Waals surface area contributed by atoms with E-state index in [0.29, 0.717) is 0 Å². The third-order valence-electron chi connectivity index (χ3n) is 2.56. The van der Waals surface area contributed by atoms with Crippen molar-refractivity contribution in [2.24, 2.45) is 0 Å². The molecular formula is C14H23NO2. The Morgan fingerprint density at radius 1 is 1.18 bits per heavy atom. The Hall–Kier alpha value is -1.22. The van der Waals surface area contributed by atoms with Gasteiger partial charge in [0.25, 0.3) is 0 Å². The Balaban J connectivity index is 2.64. The molecule has 0 atom stereocenters. The molecule has 0 saturated heterocycles. The van der Waals surface area contributed by atoms with Crippen molar-refractivity contribution in [3.8, 4) is 11.5 Å². The minimum atomic E-state index is 0.749. The molecule has 17 heavy (non-hydrogen) atoms. The number of methoxy groups -OCH3 is 1. The van der Waals surface area contributed by atoms with Crippen LogP contribution in [0.15, 0.2) is 18.2 Å². The van der Waals surface area contributed by atoms with Crippen LogP contribution < -0.4 is 14.8 Å². The number of hydrogen-bond acceptors (Lipinski definition) is 3. The maximum atomic E-state index is 5.68. The molecule has 96 valence electrons. The van der Waals surface area contributed by atoms with Crippen molar-refractivity contribution in [1.29, 1.82) is 0 Å². The third-order valence-corrected chi connectivity index (χ3v) is 2.56. The standard InChI is InChI=1S/C14H23NO2/c1-4-6-9-17-13-8-7-12(11-15-5-2)10-14(13)16-3/h7-8,10,15H,4-6,9,11H2,1-3H3. The van der Waals surface area contributed by atoms with Crippen molar-refractivity contribution in [3.05, 3.63) is 23.8 Å². The summed E-state index contributed by atoms with van der Waals surface area (Å²) in [5, 5.41) is 3.29. The van der Waals surface area contributed by atoms with Crippen LogP contribution in [0.2, 0.25) is 0 Å². The van der Waals surface area contributed by atoms with Gasteiger partial charge in [-0.2, -0.15) is 0 Å². The van der Waals surface area contributed by atoms with E-state index in [1.54, 1.807) is 7.11 Å². The number of hydrogen-bond donors (Lipinski definition) is 1. The lowest BCUT2D eigenvalue weighted by Gasteiger charge is -2.12. The Labute approximate surface area is 104 Å². The van der Waals surface area contributed by atoms with Crippen LogP contribution in [-0.4, -0.2) is 20.3 Å². The summed E-state index contributed by atoms with van der Waals surface area (Å²) in [5.41, 5.74) is 1.21. The lowest BCUT2D eigenvalue weighted by Crippen LogP contribution is -2.11. The van der Waals surface area contributed by atoms with Gasteiger partial charge in [0, 0.05) is 6.54 Å². The molecule has 1 N–H and O–H groups in total. The summed E-state index contributed by atoms with van der Waals surface area (Å²) in [6.07, 6.45) is 2.21. The molecular weight excluding hydrogens is 214 g/mol. The van der Waals surface area contributed by atoms with Gasteiger partial charge >= 0.3 is 0 Å². The molecule has 0 heterocycles. The summed E-state index contributed by atoms with van der Waals surface area (Å²) in [5.74, 6) is 1.65. The molecule has 0 aliphatic rings. The van der Waals surface area contributed by atoms with Gasteiger partial charge in [-0.1, -0.05) is 26.3 Å². The van der Waals surface area contributed by atoms with Gasteiger partial charge < -0.3 is 14.8 Å². The van der Waals surface area contributed by atoms with E-state index < -0.39 is 0 Å². The fourth-order valence-corrected chi connectivity index (χ4v) is 1.54. The first-order valence-electron chi connectivity index (χ1n) is 6.32. The summed E-state index contributed by atoms with van der Waals surface area (Å²) in [7, 11) is 1.68. The van der Waals surface area contributed by atoms with Crippen LogP contribution in [0, 0.1) is 0 Å². The molecule has 0 aliphatic heterocycles. The van der Waals surface area contributed by atoms with Gasteiger partial charge in [-0.25, -0.2) is 0 Å². The minimum Gasteiger partial charge on any atom is -0.493 e. The van der Waals surface area contributed by atoms with Crippen molar-refractivity contribution in [3.63, 3.8) is 0 Å². The van der Waals surface area contributed by atoms with E-state index >= 15 is 0 Å². The van der Waals surface area contributed by atoms with Crippen LogP contribution in [-0.2, 0) is 6.54 Å². The van der Waals surface area contributed by atoms with E-state index in [2.05, 4.69) is 25.2 Å². The lowest BCUT2D eigenvalue weighted by molar-refractivity contribution is 0.288. The van der Waals surface area contributed by atoms with E-state index in [-0.39, 0.29) is 0 Å². The third kappa shape index (κ3) is 4.65. The maximum Gasteiger partial charge on any atom is 0.161 e. The molecule has 0 radical (unpaired) electrons. The van der Waals surface area contributed by atoms with Gasteiger partial charge in [-0.05, 0) is 30.7 Å². The van der Waals surface area contributed by atoms with Crippen LogP contribution in [0.1, 0.15) is 32.3 Å². The first-order chi connectivity index (χ1) is 8.31. The summed E-state index contributed by atoms with van der Waals surface area (Å²) < 4.78 is 11.0. The van der Waals surface area contributed by atoms with Gasteiger partial charge in [-0.15, -0.1) is 0 Å². The molecule has 0 fully saturated rings. The Morgan fingerprint density at radius 2 is 2.00 bits per heavy atom. The molecule has 1 aromatic carbocycles. The average molecular weight is 237 g/mol. The fourth-order valence-electron chi connectivity index (χ4n) is 1.54. The van der Waals surface area contributed by atoms with Crippen molar-refractivity contribution < 1.29 is 9.47 Å². The van der Waals surface area contributed by atoms with Gasteiger partial charge in [-0.3, -0.25) is 0 Å². The monoisotopic (exact) mass is 237 g/mol. The normalized spacial score (nSPS) is 10.3. The highest BCUT2D eigenvalue weighted by Crippen LogP contribution is 2.28. The van der Waals surface area contributed by atoms with Gasteiger partial charge in [0.05, 0.1) is 13.7 Å². The number of unbranched alkanes of at least 4 members (excludes halogenated alkanes) is 1. The first kappa shape index (κ1) is 13.8. The van der Waals surface area contributed by atoms with E-state index in [0.717, 1.165) is 44.0 Å². The van der Waals surface area contributed by atoms with Crippen molar-refractivity contribution in [1.82, 2.24) is 5.32 Å². The van der Waals surface area contributed by atoms with E-state index in [9.17, 15) is 0 Å². The highest BCUT2D eigenvalue weighted by atomic mass is 16.5. The molecule has 0 aromatic heterocycles. The van der Waals surface area contributed by atoms with Crippen LogP contribution in [0.4, 0.5) is 0 Å². The number of nitrogens with one attached hydrogen (secondary N) is 1. The van der Waals surface area contributed by atoms with E-state index in [4.69, 9.17) is 9.47 Å². The van der Waals surface area contributed by atoms with Gasteiger partial charge in [0.1, 0.15) is 0 Å². The average Bonchev–Trinajstić information content (AvgIpc) is 2.37. The van der Waals surface area contributed by atoms with Crippen LogP contribution in [0.5, 0.6) is 11.5 Å². The predicted molar refractivity (Wildman–Crippen MR) is 70.8 cm³/mol. The second-order valence-corrected chi connectivity index (χ2v) is 3.97. The minimum absolute atomic E-state index is 0.749.